The van der Waals surface area contributed by atoms with Crippen LogP contribution in [0.1, 0.15) is 35.4 Å². The van der Waals surface area contributed by atoms with Crippen molar-refractivity contribution in [2.24, 2.45) is 10.9 Å². The zero-order valence-electron chi connectivity index (χ0n) is 18.2. The van der Waals surface area contributed by atoms with Gasteiger partial charge in [-0.25, -0.2) is 0 Å². The number of rotatable bonds is 7. The zero-order chi connectivity index (χ0) is 23.2. The highest BCUT2D eigenvalue weighted by Gasteiger charge is 2.24. The Morgan fingerprint density at radius 3 is 2.61 bits per heavy atom. The number of amides is 1. The van der Waals surface area contributed by atoms with Crippen molar-refractivity contribution in [3.05, 3.63) is 94.5 Å². The van der Waals surface area contributed by atoms with Crippen molar-refractivity contribution in [1.82, 2.24) is 0 Å². The minimum absolute atomic E-state index is 0.109. The molecule has 1 aliphatic heterocycles. The Balaban J connectivity index is 1.56. The molecule has 1 heterocycles. The standard InChI is InChI=1S/C26H27ClN4O2/c27-23-16-21(11-12-24(23)31-13-5-10-25(31)30-33)29-26(32)22(20-8-2-1-3-9-20)15-18-6-4-7-19(14-18)17-28/h1-4,6-9,11-12,14,16,22,33H,5,10,13,15,17,28H2,(H,29,32)/b30-25+. The average molecular weight is 463 g/mol. The van der Waals surface area contributed by atoms with Gasteiger partial charge in [-0.3, -0.25) is 4.79 Å². The molecule has 6 nitrogen and oxygen atoms in total. The fourth-order valence-electron chi connectivity index (χ4n) is 4.22. The van der Waals surface area contributed by atoms with Crippen molar-refractivity contribution in [3.63, 3.8) is 0 Å². The third-order valence-corrected chi connectivity index (χ3v) is 6.20. The summed E-state index contributed by atoms with van der Waals surface area (Å²) in [6, 6.07) is 23.2. The summed E-state index contributed by atoms with van der Waals surface area (Å²) in [5.41, 5.74) is 10.2. The molecule has 1 saturated heterocycles. The minimum atomic E-state index is -0.371. The highest BCUT2D eigenvalue weighted by Crippen LogP contribution is 2.33. The van der Waals surface area contributed by atoms with Gasteiger partial charge in [0.2, 0.25) is 5.91 Å². The third-order valence-electron chi connectivity index (χ3n) is 5.90. The lowest BCUT2D eigenvalue weighted by atomic mass is 9.90. The van der Waals surface area contributed by atoms with E-state index in [2.05, 4.69) is 10.5 Å². The van der Waals surface area contributed by atoms with E-state index in [1.54, 1.807) is 6.07 Å². The Hall–Kier alpha value is -3.35. The molecule has 0 saturated carbocycles. The number of oxime groups is 1. The molecule has 3 aromatic rings. The smallest absolute Gasteiger partial charge is 0.232 e. The number of amidine groups is 1. The predicted molar refractivity (Wildman–Crippen MR) is 133 cm³/mol. The van der Waals surface area contributed by atoms with Crippen LogP contribution in [0.15, 0.2) is 78.0 Å². The Morgan fingerprint density at radius 2 is 1.88 bits per heavy atom. The first kappa shape index (κ1) is 22.8. The third kappa shape index (κ3) is 5.35. The molecule has 1 atom stereocenters. The van der Waals surface area contributed by atoms with Crippen LogP contribution in [0.25, 0.3) is 0 Å². The number of hydrogen-bond donors (Lipinski definition) is 3. The summed E-state index contributed by atoms with van der Waals surface area (Å²) in [5.74, 6) is 0.115. The van der Waals surface area contributed by atoms with Crippen molar-refractivity contribution in [2.45, 2.75) is 31.7 Å². The number of carbonyl (C=O) groups excluding carboxylic acids is 1. The highest BCUT2D eigenvalue weighted by molar-refractivity contribution is 6.34. The van der Waals surface area contributed by atoms with Gasteiger partial charge in [0, 0.05) is 25.2 Å². The van der Waals surface area contributed by atoms with Gasteiger partial charge in [-0.15, -0.1) is 0 Å². The summed E-state index contributed by atoms with van der Waals surface area (Å²) >= 11 is 6.53. The topological polar surface area (TPSA) is 91.0 Å². The first-order chi connectivity index (χ1) is 16.1. The molecule has 1 amide bonds. The molecule has 4 rings (SSSR count). The Labute approximate surface area is 198 Å². The van der Waals surface area contributed by atoms with Crippen LogP contribution in [0.2, 0.25) is 5.02 Å². The summed E-state index contributed by atoms with van der Waals surface area (Å²) in [6.07, 6.45) is 2.16. The number of nitrogens with two attached hydrogens (primary N) is 1. The molecule has 1 fully saturated rings. The van der Waals surface area contributed by atoms with Crippen LogP contribution in [-0.4, -0.2) is 23.5 Å². The fourth-order valence-corrected chi connectivity index (χ4v) is 4.50. The van der Waals surface area contributed by atoms with E-state index in [9.17, 15) is 10.0 Å². The highest BCUT2D eigenvalue weighted by atomic mass is 35.5. The number of halogens is 1. The van der Waals surface area contributed by atoms with Gasteiger partial charge in [0.15, 0.2) is 0 Å². The van der Waals surface area contributed by atoms with E-state index < -0.39 is 0 Å². The molecule has 3 aromatic carbocycles. The lowest BCUT2D eigenvalue weighted by Gasteiger charge is -2.21. The SMILES string of the molecule is NCc1cccc(CC(C(=O)Nc2ccc(N3CCC/C3=N\O)c(Cl)c2)c2ccccc2)c1. The first-order valence-electron chi connectivity index (χ1n) is 11.0. The number of anilines is 2. The zero-order valence-corrected chi connectivity index (χ0v) is 19.0. The molecule has 0 spiro atoms. The summed E-state index contributed by atoms with van der Waals surface area (Å²) in [4.78, 5) is 15.3. The summed E-state index contributed by atoms with van der Waals surface area (Å²) in [7, 11) is 0. The molecular formula is C26H27ClN4O2. The van der Waals surface area contributed by atoms with E-state index in [0.29, 0.717) is 35.9 Å². The van der Waals surface area contributed by atoms with E-state index in [-0.39, 0.29) is 11.8 Å². The van der Waals surface area contributed by atoms with Crippen LogP contribution in [0.3, 0.4) is 0 Å². The van der Waals surface area contributed by atoms with E-state index in [0.717, 1.165) is 35.3 Å². The normalized spacial score (nSPS) is 15.6. The fraction of sp³-hybridized carbons (Fsp3) is 0.231. The van der Waals surface area contributed by atoms with Gasteiger partial charge in [0.05, 0.1) is 16.6 Å². The largest absolute Gasteiger partial charge is 0.409 e. The van der Waals surface area contributed by atoms with Crippen LogP contribution in [0, 0.1) is 0 Å². The number of nitrogens with zero attached hydrogens (tertiary/aromatic N) is 2. The van der Waals surface area contributed by atoms with Crippen molar-refractivity contribution >= 4 is 34.7 Å². The van der Waals surface area contributed by atoms with E-state index in [4.69, 9.17) is 17.3 Å². The molecule has 1 aliphatic rings. The maximum Gasteiger partial charge on any atom is 0.232 e. The van der Waals surface area contributed by atoms with E-state index >= 15 is 0 Å². The second-order valence-corrected chi connectivity index (χ2v) is 8.53. The minimum Gasteiger partial charge on any atom is -0.409 e. The molecular weight excluding hydrogens is 436 g/mol. The van der Waals surface area contributed by atoms with Crippen molar-refractivity contribution in [2.75, 3.05) is 16.8 Å². The predicted octanol–water partition coefficient (Wildman–Crippen LogP) is 5.15. The average Bonchev–Trinajstić information content (AvgIpc) is 3.32. The molecule has 0 aromatic heterocycles. The van der Waals surface area contributed by atoms with Gasteiger partial charge in [0.25, 0.3) is 0 Å². The quantitative estimate of drug-likeness (QED) is 0.334. The second-order valence-electron chi connectivity index (χ2n) is 8.12. The maximum absolute atomic E-state index is 13.4. The lowest BCUT2D eigenvalue weighted by Crippen LogP contribution is -2.25. The maximum atomic E-state index is 13.4. The number of hydrogen-bond acceptors (Lipinski definition) is 4. The van der Waals surface area contributed by atoms with Gasteiger partial charge >= 0.3 is 0 Å². The Kier molecular flexibility index (Phi) is 7.27. The summed E-state index contributed by atoms with van der Waals surface area (Å²) < 4.78 is 0. The number of nitrogens with one attached hydrogen (secondary N) is 1. The molecule has 0 aliphatic carbocycles. The van der Waals surface area contributed by atoms with Gasteiger partial charge in [0.1, 0.15) is 5.84 Å². The van der Waals surface area contributed by atoms with Crippen molar-refractivity contribution in [3.8, 4) is 0 Å². The summed E-state index contributed by atoms with van der Waals surface area (Å²) in [5, 5.41) is 16.1. The van der Waals surface area contributed by atoms with Crippen LogP contribution in [0.4, 0.5) is 11.4 Å². The Morgan fingerprint density at radius 1 is 1.09 bits per heavy atom. The number of carbonyl (C=O) groups is 1. The lowest BCUT2D eigenvalue weighted by molar-refractivity contribution is -0.117. The molecule has 4 N–H and O–H groups in total. The van der Waals surface area contributed by atoms with Gasteiger partial charge in [-0.1, -0.05) is 71.4 Å². The Bertz CT molecular complexity index is 1150. The molecule has 33 heavy (non-hydrogen) atoms. The molecule has 0 bridgehead atoms. The first-order valence-corrected chi connectivity index (χ1v) is 11.4. The van der Waals surface area contributed by atoms with E-state index in [1.165, 1.54) is 0 Å². The molecule has 170 valence electrons. The number of benzene rings is 3. The van der Waals surface area contributed by atoms with Gasteiger partial charge in [-0.05, 0) is 47.7 Å². The molecule has 1 unspecified atom stereocenters. The van der Waals surface area contributed by atoms with Crippen LogP contribution in [-0.2, 0) is 17.8 Å². The molecule has 0 radical (unpaired) electrons. The summed E-state index contributed by atoms with van der Waals surface area (Å²) in [6.45, 7) is 1.20. The van der Waals surface area contributed by atoms with E-state index in [1.807, 2.05) is 71.6 Å². The monoisotopic (exact) mass is 462 g/mol. The van der Waals surface area contributed by atoms with Crippen molar-refractivity contribution in [1.29, 1.82) is 0 Å². The molecule has 7 heteroatoms. The van der Waals surface area contributed by atoms with Crippen LogP contribution in [0.5, 0.6) is 0 Å². The van der Waals surface area contributed by atoms with Crippen LogP contribution >= 0.6 is 11.6 Å². The van der Waals surface area contributed by atoms with Gasteiger partial charge < -0.3 is 21.2 Å². The van der Waals surface area contributed by atoms with Crippen molar-refractivity contribution < 1.29 is 10.0 Å². The van der Waals surface area contributed by atoms with Crippen LogP contribution < -0.4 is 16.0 Å². The van der Waals surface area contributed by atoms with Gasteiger partial charge in [-0.2, -0.15) is 0 Å². The second kappa shape index (κ2) is 10.5.